The normalized spacial score (nSPS) is 10.9. The van der Waals surface area contributed by atoms with Gasteiger partial charge < -0.3 is 9.97 Å². The molecule has 0 saturated heterocycles. The lowest BCUT2D eigenvalue weighted by Gasteiger charge is -2.07. The fourth-order valence-electron chi connectivity index (χ4n) is 3.18. The lowest BCUT2D eigenvalue weighted by molar-refractivity contribution is -0.128. The number of amides is 2. The molecule has 2 amide bonds. The van der Waals surface area contributed by atoms with Crippen molar-refractivity contribution in [3.8, 4) is 0 Å². The Bertz CT molecular complexity index is 1260. The van der Waals surface area contributed by atoms with Crippen molar-refractivity contribution in [1.29, 1.82) is 0 Å². The van der Waals surface area contributed by atoms with Gasteiger partial charge in [0.25, 0.3) is 5.56 Å². The molecule has 29 heavy (non-hydrogen) atoms. The standard InChI is InChI=1S/C21H19N5O3/c27-19(10-9-18-23-17-8-4-2-6-15(17)21(29)24-18)25-26-20(28)11-13-12-22-16-7-3-1-5-14(13)16/h1-8,12,22H,9-11H2,(H,25,27)(H,26,28)(H,23,24,29). The van der Waals surface area contributed by atoms with Crippen molar-refractivity contribution in [2.75, 3.05) is 0 Å². The molecule has 0 radical (unpaired) electrons. The summed E-state index contributed by atoms with van der Waals surface area (Å²) in [4.78, 5) is 46.4. The third-order valence-corrected chi connectivity index (χ3v) is 4.62. The van der Waals surface area contributed by atoms with Crippen molar-refractivity contribution >= 4 is 33.6 Å². The Morgan fingerprint density at radius 1 is 0.931 bits per heavy atom. The molecule has 0 aliphatic heterocycles. The van der Waals surface area contributed by atoms with Crippen LogP contribution in [0.4, 0.5) is 0 Å². The highest BCUT2D eigenvalue weighted by atomic mass is 16.2. The largest absolute Gasteiger partial charge is 0.361 e. The smallest absolute Gasteiger partial charge is 0.258 e. The van der Waals surface area contributed by atoms with Gasteiger partial charge in [0.1, 0.15) is 5.82 Å². The number of aryl methyl sites for hydroxylation is 1. The van der Waals surface area contributed by atoms with Crippen LogP contribution in [0.3, 0.4) is 0 Å². The minimum absolute atomic E-state index is 0.0780. The van der Waals surface area contributed by atoms with E-state index in [-0.39, 0.29) is 36.6 Å². The number of H-pyrrole nitrogens is 2. The third kappa shape index (κ3) is 4.16. The molecule has 4 aromatic rings. The van der Waals surface area contributed by atoms with Crippen LogP contribution in [0.15, 0.2) is 59.5 Å². The molecule has 0 spiro atoms. The van der Waals surface area contributed by atoms with Crippen LogP contribution in [0.5, 0.6) is 0 Å². The zero-order valence-corrected chi connectivity index (χ0v) is 15.5. The van der Waals surface area contributed by atoms with E-state index in [1.165, 1.54) is 0 Å². The summed E-state index contributed by atoms with van der Waals surface area (Å²) in [6.45, 7) is 0. The number of benzene rings is 2. The summed E-state index contributed by atoms with van der Waals surface area (Å²) in [5.74, 6) is -0.262. The van der Waals surface area contributed by atoms with Gasteiger partial charge in [-0.25, -0.2) is 4.98 Å². The molecule has 0 fully saturated rings. The number of fused-ring (bicyclic) bond motifs is 2. The number of aromatic amines is 2. The van der Waals surface area contributed by atoms with Crippen LogP contribution in [0.25, 0.3) is 21.8 Å². The van der Waals surface area contributed by atoms with Crippen LogP contribution in [0, 0.1) is 0 Å². The summed E-state index contributed by atoms with van der Waals surface area (Å²) in [7, 11) is 0. The number of carbonyl (C=O) groups is 2. The Hall–Kier alpha value is -3.94. The molecule has 2 heterocycles. The first-order chi connectivity index (χ1) is 14.1. The molecular formula is C21H19N5O3. The number of rotatable bonds is 5. The van der Waals surface area contributed by atoms with Crippen LogP contribution in [-0.2, 0) is 22.4 Å². The van der Waals surface area contributed by atoms with E-state index in [0.717, 1.165) is 16.5 Å². The van der Waals surface area contributed by atoms with Gasteiger partial charge in [0.05, 0.1) is 17.3 Å². The summed E-state index contributed by atoms with van der Waals surface area (Å²) in [5.41, 5.74) is 6.97. The van der Waals surface area contributed by atoms with Gasteiger partial charge >= 0.3 is 0 Å². The maximum absolute atomic E-state index is 12.1. The zero-order valence-electron chi connectivity index (χ0n) is 15.5. The number of aromatic nitrogens is 3. The third-order valence-electron chi connectivity index (χ3n) is 4.62. The zero-order chi connectivity index (χ0) is 20.2. The topological polar surface area (TPSA) is 120 Å². The summed E-state index contributed by atoms with van der Waals surface area (Å²) in [6, 6.07) is 14.7. The van der Waals surface area contributed by atoms with E-state index in [9.17, 15) is 14.4 Å². The quantitative estimate of drug-likeness (QED) is 0.389. The molecule has 0 bridgehead atoms. The number of hydrogen-bond acceptors (Lipinski definition) is 4. The molecule has 146 valence electrons. The second-order valence-electron chi connectivity index (χ2n) is 6.66. The Balaban J connectivity index is 1.30. The number of hydrazine groups is 1. The van der Waals surface area contributed by atoms with Crippen molar-refractivity contribution in [2.45, 2.75) is 19.3 Å². The van der Waals surface area contributed by atoms with Gasteiger partial charge in [-0.2, -0.15) is 0 Å². The Morgan fingerprint density at radius 3 is 2.52 bits per heavy atom. The van der Waals surface area contributed by atoms with Crippen LogP contribution in [0.1, 0.15) is 17.8 Å². The van der Waals surface area contributed by atoms with Crippen LogP contribution in [0.2, 0.25) is 0 Å². The minimum atomic E-state index is -0.368. The van der Waals surface area contributed by atoms with E-state index < -0.39 is 0 Å². The van der Waals surface area contributed by atoms with Crippen molar-refractivity contribution < 1.29 is 9.59 Å². The first-order valence-corrected chi connectivity index (χ1v) is 9.21. The van der Waals surface area contributed by atoms with Crippen LogP contribution < -0.4 is 16.4 Å². The minimum Gasteiger partial charge on any atom is -0.361 e. The van der Waals surface area contributed by atoms with Crippen molar-refractivity contribution in [2.24, 2.45) is 0 Å². The van der Waals surface area contributed by atoms with Crippen molar-refractivity contribution in [3.63, 3.8) is 0 Å². The Kier molecular flexibility index (Phi) is 5.07. The summed E-state index contributed by atoms with van der Waals surface area (Å²) in [5, 5.41) is 1.48. The summed E-state index contributed by atoms with van der Waals surface area (Å²) < 4.78 is 0. The molecule has 8 nitrogen and oxygen atoms in total. The van der Waals surface area contributed by atoms with Gasteiger partial charge in [-0.1, -0.05) is 30.3 Å². The Morgan fingerprint density at radius 2 is 1.66 bits per heavy atom. The highest BCUT2D eigenvalue weighted by Crippen LogP contribution is 2.17. The first kappa shape index (κ1) is 18.4. The molecule has 8 heteroatoms. The molecule has 4 rings (SSSR count). The maximum atomic E-state index is 12.1. The molecule has 2 aromatic carbocycles. The SMILES string of the molecule is O=C(CCc1nc2ccccc2c(=O)[nH]1)NNC(=O)Cc1c[nH]c2ccccc12. The molecular weight excluding hydrogens is 370 g/mol. The van der Waals surface area contributed by atoms with Crippen molar-refractivity contribution in [3.05, 3.63) is 76.5 Å². The number of nitrogens with one attached hydrogen (secondary N) is 4. The molecule has 0 atom stereocenters. The predicted octanol–water partition coefficient (Wildman–Crippen LogP) is 1.73. The van der Waals surface area contributed by atoms with E-state index in [2.05, 4.69) is 25.8 Å². The van der Waals surface area contributed by atoms with Gasteiger partial charge in [0.15, 0.2) is 0 Å². The monoisotopic (exact) mass is 389 g/mol. The van der Waals surface area contributed by atoms with Crippen LogP contribution >= 0.6 is 0 Å². The lowest BCUT2D eigenvalue weighted by Crippen LogP contribution is -2.42. The van der Waals surface area contributed by atoms with E-state index in [4.69, 9.17) is 0 Å². The number of carbonyl (C=O) groups excluding carboxylic acids is 2. The number of para-hydroxylation sites is 2. The van der Waals surface area contributed by atoms with Gasteiger partial charge in [-0.15, -0.1) is 0 Å². The van der Waals surface area contributed by atoms with E-state index in [1.54, 1.807) is 30.5 Å². The molecule has 4 N–H and O–H groups in total. The molecule has 0 saturated carbocycles. The highest BCUT2D eigenvalue weighted by molar-refractivity contribution is 5.89. The van der Waals surface area contributed by atoms with Gasteiger partial charge in [0.2, 0.25) is 11.8 Å². The Labute approximate surface area is 165 Å². The highest BCUT2D eigenvalue weighted by Gasteiger charge is 2.10. The molecule has 0 aliphatic carbocycles. The maximum Gasteiger partial charge on any atom is 0.258 e. The average Bonchev–Trinajstić information content (AvgIpc) is 3.14. The predicted molar refractivity (Wildman–Crippen MR) is 109 cm³/mol. The van der Waals surface area contributed by atoms with E-state index in [0.29, 0.717) is 16.7 Å². The first-order valence-electron chi connectivity index (χ1n) is 9.21. The van der Waals surface area contributed by atoms with Crippen LogP contribution in [-0.4, -0.2) is 26.8 Å². The van der Waals surface area contributed by atoms with Gasteiger partial charge in [-0.3, -0.25) is 25.2 Å². The van der Waals surface area contributed by atoms with Gasteiger partial charge in [0, 0.05) is 29.9 Å². The number of hydrogen-bond donors (Lipinski definition) is 4. The van der Waals surface area contributed by atoms with E-state index >= 15 is 0 Å². The number of nitrogens with zero attached hydrogens (tertiary/aromatic N) is 1. The molecule has 0 aliphatic rings. The fraction of sp³-hybridized carbons (Fsp3) is 0.143. The molecule has 2 aromatic heterocycles. The second-order valence-corrected chi connectivity index (χ2v) is 6.66. The van der Waals surface area contributed by atoms with E-state index in [1.807, 2.05) is 24.3 Å². The van der Waals surface area contributed by atoms with Gasteiger partial charge in [-0.05, 0) is 23.8 Å². The average molecular weight is 389 g/mol. The molecule has 0 unspecified atom stereocenters. The second kappa shape index (κ2) is 7.97. The summed E-state index contributed by atoms with van der Waals surface area (Å²) in [6.07, 6.45) is 2.26. The fourth-order valence-corrected chi connectivity index (χ4v) is 3.18. The van der Waals surface area contributed by atoms with Crippen molar-refractivity contribution in [1.82, 2.24) is 25.8 Å². The summed E-state index contributed by atoms with van der Waals surface area (Å²) >= 11 is 0. The lowest BCUT2D eigenvalue weighted by atomic mass is 10.1.